The summed E-state index contributed by atoms with van der Waals surface area (Å²) < 4.78 is 22.0. The van der Waals surface area contributed by atoms with Crippen molar-refractivity contribution in [1.82, 2.24) is 5.32 Å². The number of carbonyl (C=O) groups excluding carboxylic acids is 1. The smallest absolute Gasteiger partial charge is 0.387 e. The van der Waals surface area contributed by atoms with E-state index in [2.05, 4.69) is 55.6 Å². The van der Waals surface area contributed by atoms with Gasteiger partial charge in [0.2, 0.25) is 5.91 Å². The van der Waals surface area contributed by atoms with Gasteiger partial charge in [-0.1, -0.05) is 146 Å². The van der Waals surface area contributed by atoms with Gasteiger partial charge in [-0.15, -0.1) is 0 Å². The van der Waals surface area contributed by atoms with Crippen LogP contribution in [-0.2, 0) is 18.4 Å². The summed E-state index contributed by atoms with van der Waals surface area (Å²) in [6.45, 7) is 4.01. The number of hydrogen-bond donors (Lipinski definition) is 4. The number of rotatable bonds is 36. The molecule has 3 atom stereocenters. The lowest BCUT2D eigenvalue weighted by molar-refractivity contribution is -0.123. The topological polar surface area (TPSA) is 131 Å². The van der Waals surface area contributed by atoms with Crippen molar-refractivity contribution >= 4 is 13.7 Å². The quantitative estimate of drug-likeness (QED) is 0.0289. The third-order valence-corrected chi connectivity index (χ3v) is 9.32. The molecule has 8 nitrogen and oxygen atoms in total. The van der Waals surface area contributed by atoms with E-state index in [0.717, 1.165) is 70.6 Å². The van der Waals surface area contributed by atoms with Gasteiger partial charge < -0.3 is 21.1 Å². The molecule has 3 unspecified atom stereocenters. The number of phosphoric acid groups is 1. The summed E-state index contributed by atoms with van der Waals surface area (Å²) in [5.74, 6) is -0.223. The molecule has 0 fully saturated rings. The van der Waals surface area contributed by atoms with Crippen LogP contribution in [0, 0.1) is 0 Å². The van der Waals surface area contributed by atoms with Crippen LogP contribution in [0.15, 0.2) is 48.6 Å². The average Bonchev–Trinajstić information content (AvgIpc) is 3.09. The number of carbonyl (C=O) groups is 1. The molecular weight excluding hydrogens is 635 g/mol. The maximum absolute atomic E-state index is 12.6. The predicted molar refractivity (Wildman–Crippen MR) is 207 cm³/mol. The minimum absolute atomic E-state index is 0.0690. The van der Waals surface area contributed by atoms with Crippen LogP contribution in [-0.4, -0.2) is 47.8 Å². The largest absolute Gasteiger partial charge is 0.472 e. The highest BCUT2D eigenvalue weighted by atomic mass is 31.2. The Morgan fingerprint density at radius 1 is 0.653 bits per heavy atom. The minimum atomic E-state index is -4.35. The van der Waals surface area contributed by atoms with Gasteiger partial charge in [0.15, 0.2) is 0 Å². The lowest BCUT2D eigenvalue weighted by Crippen LogP contribution is -2.45. The molecule has 1 amide bonds. The monoisotopic (exact) mass is 711 g/mol. The molecule has 0 saturated heterocycles. The second-order valence-corrected chi connectivity index (χ2v) is 14.6. The Labute approximate surface area is 301 Å². The van der Waals surface area contributed by atoms with Crippen LogP contribution in [0.3, 0.4) is 0 Å². The molecule has 0 spiro atoms. The number of aliphatic hydroxyl groups excluding tert-OH is 1. The van der Waals surface area contributed by atoms with Crippen molar-refractivity contribution in [3.05, 3.63) is 48.6 Å². The fraction of sp³-hybridized carbons (Fsp3) is 0.775. The zero-order valence-electron chi connectivity index (χ0n) is 31.4. The van der Waals surface area contributed by atoms with E-state index in [9.17, 15) is 19.4 Å². The highest BCUT2D eigenvalue weighted by molar-refractivity contribution is 7.47. The van der Waals surface area contributed by atoms with Crippen LogP contribution in [0.1, 0.15) is 168 Å². The van der Waals surface area contributed by atoms with Crippen LogP contribution >= 0.6 is 7.82 Å². The maximum atomic E-state index is 12.6. The van der Waals surface area contributed by atoms with Crippen LogP contribution in [0.25, 0.3) is 0 Å². The van der Waals surface area contributed by atoms with E-state index in [1.54, 1.807) is 6.08 Å². The molecule has 5 N–H and O–H groups in total. The Morgan fingerprint density at radius 2 is 1.12 bits per heavy atom. The summed E-state index contributed by atoms with van der Waals surface area (Å²) in [4.78, 5) is 22.5. The maximum Gasteiger partial charge on any atom is 0.472 e. The van der Waals surface area contributed by atoms with Gasteiger partial charge in [0.05, 0.1) is 25.4 Å². The van der Waals surface area contributed by atoms with Gasteiger partial charge in [0.1, 0.15) is 0 Å². The lowest BCUT2D eigenvalue weighted by atomic mass is 10.1. The first-order valence-corrected chi connectivity index (χ1v) is 21.3. The highest BCUT2D eigenvalue weighted by Crippen LogP contribution is 2.43. The summed E-state index contributed by atoms with van der Waals surface area (Å²) in [5.41, 5.74) is 5.35. The van der Waals surface area contributed by atoms with E-state index in [-0.39, 0.29) is 25.7 Å². The zero-order chi connectivity index (χ0) is 36.1. The summed E-state index contributed by atoms with van der Waals surface area (Å²) >= 11 is 0. The molecule has 286 valence electrons. The minimum Gasteiger partial charge on any atom is -0.387 e. The number of phosphoric ester groups is 1. The van der Waals surface area contributed by atoms with E-state index < -0.39 is 20.0 Å². The second kappa shape index (κ2) is 36.3. The Bertz CT molecular complexity index is 907. The lowest BCUT2D eigenvalue weighted by Gasteiger charge is -2.23. The van der Waals surface area contributed by atoms with Gasteiger partial charge in [-0.05, 0) is 64.2 Å². The molecule has 0 aliphatic heterocycles. The Morgan fingerprint density at radius 3 is 1.65 bits per heavy atom. The van der Waals surface area contributed by atoms with Crippen LogP contribution in [0.4, 0.5) is 0 Å². The van der Waals surface area contributed by atoms with Crippen molar-refractivity contribution in [3.8, 4) is 0 Å². The number of hydrogen-bond acceptors (Lipinski definition) is 6. The van der Waals surface area contributed by atoms with E-state index in [4.69, 9.17) is 14.8 Å². The number of amides is 1. The molecule has 0 bridgehead atoms. The highest BCUT2D eigenvalue weighted by Gasteiger charge is 2.26. The molecular formula is C40H75N2O6P. The van der Waals surface area contributed by atoms with Crippen LogP contribution in [0.2, 0.25) is 0 Å². The standard InChI is InChI=1S/C40H75N2O6P/c1-3-5-7-9-11-13-15-16-17-18-19-20-21-22-23-24-25-27-29-31-33-39(43)38(37-48-49(45,46)47-36-35-41)42-40(44)34-32-30-28-26-14-12-10-8-6-4-2/h8,10,20-21,24-25,31,33,38-39,43H,3-7,9,11-19,22-23,26-30,32,34-37,41H2,1-2H3,(H,42,44)(H,45,46)/b10-8-,21-20+,25-24+,33-31+. The first-order chi connectivity index (χ1) is 23.9. The molecule has 0 saturated carbocycles. The first kappa shape index (κ1) is 47.5. The second-order valence-electron chi connectivity index (χ2n) is 13.1. The molecule has 0 heterocycles. The summed E-state index contributed by atoms with van der Waals surface area (Å²) in [7, 11) is -4.35. The summed E-state index contributed by atoms with van der Waals surface area (Å²) in [6.07, 6.45) is 43.1. The van der Waals surface area contributed by atoms with Crippen molar-refractivity contribution in [2.24, 2.45) is 5.73 Å². The van der Waals surface area contributed by atoms with Crippen molar-refractivity contribution in [1.29, 1.82) is 0 Å². The molecule has 0 aromatic rings. The Balaban J connectivity index is 4.33. The Hall–Kier alpha value is -1.54. The van der Waals surface area contributed by atoms with Crippen molar-refractivity contribution in [3.63, 3.8) is 0 Å². The van der Waals surface area contributed by atoms with Gasteiger partial charge in [-0.25, -0.2) is 4.57 Å². The van der Waals surface area contributed by atoms with Gasteiger partial charge in [-0.3, -0.25) is 13.8 Å². The van der Waals surface area contributed by atoms with E-state index in [1.165, 1.54) is 77.0 Å². The van der Waals surface area contributed by atoms with E-state index >= 15 is 0 Å². The SMILES string of the molecule is CCC/C=C\CCCCCCCC(=O)NC(COP(=O)(O)OCCN)C(O)/C=C/CC/C=C/CC/C=C/CCCCCCCCCCCC. The average molecular weight is 711 g/mol. The third kappa shape index (κ3) is 34.7. The number of aliphatic hydroxyl groups is 1. The number of nitrogens with two attached hydrogens (primary N) is 1. The Kier molecular flexibility index (Phi) is 35.1. The van der Waals surface area contributed by atoms with Gasteiger partial charge in [0.25, 0.3) is 0 Å². The van der Waals surface area contributed by atoms with E-state index in [1.807, 2.05) is 6.08 Å². The van der Waals surface area contributed by atoms with Crippen molar-refractivity contribution in [2.45, 2.75) is 180 Å². The van der Waals surface area contributed by atoms with Crippen LogP contribution in [0.5, 0.6) is 0 Å². The molecule has 0 radical (unpaired) electrons. The summed E-state index contributed by atoms with van der Waals surface area (Å²) in [6, 6.07) is -0.886. The fourth-order valence-corrected chi connectivity index (χ4v) is 6.10. The molecule has 0 aliphatic carbocycles. The molecule has 0 aliphatic rings. The number of allylic oxidation sites excluding steroid dienone is 7. The van der Waals surface area contributed by atoms with Gasteiger partial charge >= 0.3 is 7.82 Å². The number of nitrogens with one attached hydrogen (secondary N) is 1. The normalized spacial score (nSPS) is 14.8. The number of unbranched alkanes of at least 4 members (excludes halogenated alkanes) is 18. The molecule has 9 heteroatoms. The molecule has 0 aromatic heterocycles. The van der Waals surface area contributed by atoms with E-state index in [0.29, 0.717) is 6.42 Å². The van der Waals surface area contributed by atoms with Gasteiger partial charge in [0, 0.05) is 13.0 Å². The fourth-order valence-electron chi connectivity index (χ4n) is 5.34. The van der Waals surface area contributed by atoms with Crippen LogP contribution < -0.4 is 11.1 Å². The zero-order valence-corrected chi connectivity index (χ0v) is 32.3. The first-order valence-electron chi connectivity index (χ1n) is 19.8. The van der Waals surface area contributed by atoms with Crippen molar-refractivity contribution in [2.75, 3.05) is 19.8 Å². The molecule has 49 heavy (non-hydrogen) atoms. The molecule has 0 rings (SSSR count). The van der Waals surface area contributed by atoms with Crippen molar-refractivity contribution < 1.29 is 28.4 Å². The third-order valence-electron chi connectivity index (χ3n) is 8.34. The molecule has 0 aromatic carbocycles. The predicted octanol–water partition coefficient (Wildman–Crippen LogP) is 10.6. The summed E-state index contributed by atoms with van der Waals surface area (Å²) in [5, 5.41) is 13.6. The van der Waals surface area contributed by atoms with Gasteiger partial charge in [-0.2, -0.15) is 0 Å².